The quantitative estimate of drug-likeness (QED) is 0.744. The summed E-state index contributed by atoms with van der Waals surface area (Å²) in [5.74, 6) is -0.0711. The molecule has 0 radical (unpaired) electrons. The van der Waals surface area contributed by atoms with Crippen LogP contribution in [0.2, 0.25) is 0 Å². The molecule has 3 aromatic rings. The maximum absolute atomic E-state index is 12.7. The van der Waals surface area contributed by atoms with Gasteiger partial charge in [-0.3, -0.25) is 4.79 Å². The molecule has 0 aliphatic carbocycles. The lowest BCUT2D eigenvalue weighted by Crippen LogP contribution is -2.32. The van der Waals surface area contributed by atoms with Gasteiger partial charge in [0.05, 0.1) is 11.1 Å². The van der Waals surface area contributed by atoms with Crippen molar-refractivity contribution in [3.05, 3.63) is 40.9 Å². The van der Waals surface area contributed by atoms with Gasteiger partial charge in [0.25, 0.3) is 5.91 Å². The molecule has 0 unspecified atom stereocenters. The largest absolute Gasteiger partial charge is 0.350 e. The van der Waals surface area contributed by atoms with Gasteiger partial charge >= 0.3 is 0 Å². The highest BCUT2D eigenvalue weighted by molar-refractivity contribution is 8.01. The van der Waals surface area contributed by atoms with Crippen LogP contribution in [0.5, 0.6) is 0 Å². The molecule has 0 aliphatic heterocycles. The van der Waals surface area contributed by atoms with E-state index in [-0.39, 0.29) is 11.9 Å². The number of carbonyl (C=O) groups excluding carboxylic acids is 1. The first-order valence-electron chi connectivity index (χ1n) is 7.75. The summed E-state index contributed by atoms with van der Waals surface area (Å²) < 4.78 is 0.823. The van der Waals surface area contributed by atoms with Gasteiger partial charge in [0.1, 0.15) is 10.0 Å². The van der Waals surface area contributed by atoms with Crippen molar-refractivity contribution in [3.63, 3.8) is 0 Å². The summed E-state index contributed by atoms with van der Waals surface area (Å²) in [5.41, 5.74) is 1.45. The molecular weight excluding hydrogens is 340 g/mol. The van der Waals surface area contributed by atoms with Gasteiger partial charge in [0, 0.05) is 11.4 Å². The van der Waals surface area contributed by atoms with E-state index in [1.54, 1.807) is 0 Å². The zero-order chi connectivity index (χ0) is 17.1. The Morgan fingerprint density at radius 2 is 2.12 bits per heavy atom. The smallest absolute Gasteiger partial charge is 0.252 e. The first kappa shape index (κ1) is 16.9. The van der Waals surface area contributed by atoms with E-state index in [1.165, 1.54) is 23.1 Å². The van der Waals surface area contributed by atoms with Gasteiger partial charge in [0.2, 0.25) is 0 Å². The molecule has 3 rings (SSSR count). The lowest BCUT2D eigenvalue weighted by Gasteiger charge is -2.13. The van der Waals surface area contributed by atoms with E-state index >= 15 is 0 Å². The third kappa shape index (κ3) is 3.73. The summed E-state index contributed by atoms with van der Waals surface area (Å²) in [6, 6.07) is 9.66. The fourth-order valence-electron chi connectivity index (χ4n) is 2.20. The number of aryl methyl sites for hydroxylation is 1. The van der Waals surface area contributed by atoms with E-state index in [9.17, 15) is 4.79 Å². The summed E-state index contributed by atoms with van der Waals surface area (Å²) >= 11 is 2.95. The van der Waals surface area contributed by atoms with Gasteiger partial charge in [-0.25, -0.2) is 4.98 Å². The third-order valence-electron chi connectivity index (χ3n) is 3.63. The minimum absolute atomic E-state index is 0.0711. The highest BCUT2D eigenvalue weighted by atomic mass is 32.2. The maximum atomic E-state index is 12.7. The number of nitrogens with one attached hydrogen (secondary N) is 1. The molecule has 1 N–H and O–H groups in total. The summed E-state index contributed by atoms with van der Waals surface area (Å²) in [6.45, 7) is 5.97. The Balaban J connectivity index is 2.00. The highest BCUT2D eigenvalue weighted by Gasteiger charge is 2.15. The number of amides is 1. The van der Waals surface area contributed by atoms with Crippen LogP contribution in [-0.4, -0.2) is 27.1 Å². The molecule has 24 heavy (non-hydrogen) atoms. The SMILES string of the molecule is CC[C@@H](C)NC(=O)c1cc(Sc2nnc(C)s2)nc2ccccc12. The van der Waals surface area contributed by atoms with E-state index in [2.05, 4.69) is 27.4 Å². The number of hydrogen-bond acceptors (Lipinski definition) is 6. The van der Waals surface area contributed by atoms with Crippen LogP contribution in [0, 0.1) is 6.92 Å². The van der Waals surface area contributed by atoms with Crippen LogP contribution >= 0.6 is 23.1 Å². The Bertz CT molecular complexity index is 878. The molecule has 124 valence electrons. The van der Waals surface area contributed by atoms with Crippen LogP contribution in [0.15, 0.2) is 39.7 Å². The van der Waals surface area contributed by atoms with E-state index < -0.39 is 0 Å². The number of benzene rings is 1. The predicted octanol–water partition coefficient (Wildman–Crippen LogP) is 4.07. The van der Waals surface area contributed by atoms with Gasteiger partial charge in [-0.1, -0.05) is 36.5 Å². The molecule has 2 aromatic heterocycles. The number of aromatic nitrogens is 3. The molecule has 7 heteroatoms. The van der Waals surface area contributed by atoms with E-state index in [1.807, 2.05) is 44.2 Å². The van der Waals surface area contributed by atoms with E-state index in [0.29, 0.717) is 5.56 Å². The van der Waals surface area contributed by atoms with Crippen molar-refractivity contribution in [1.82, 2.24) is 20.5 Å². The molecule has 5 nitrogen and oxygen atoms in total. The number of pyridine rings is 1. The first-order valence-corrected chi connectivity index (χ1v) is 9.38. The molecule has 0 saturated carbocycles. The number of carbonyl (C=O) groups is 1. The zero-order valence-corrected chi connectivity index (χ0v) is 15.4. The summed E-state index contributed by atoms with van der Waals surface area (Å²) in [4.78, 5) is 17.3. The van der Waals surface area contributed by atoms with Crippen LogP contribution in [0.4, 0.5) is 0 Å². The number of rotatable bonds is 5. The molecule has 1 amide bonds. The molecule has 0 spiro atoms. The Labute approximate surface area is 148 Å². The second kappa shape index (κ2) is 7.27. The minimum atomic E-state index is -0.0711. The van der Waals surface area contributed by atoms with Crippen molar-refractivity contribution in [2.45, 2.75) is 42.6 Å². The lowest BCUT2D eigenvalue weighted by atomic mass is 10.1. The van der Waals surface area contributed by atoms with Crippen LogP contribution < -0.4 is 5.32 Å². The number of fused-ring (bicyclic) bond motifs is 1. The Morgan fingerprint density at radius 1 is 1.33 bits per heavy atom. The van der Waals surface area contributed by atoms with E-state index in [4.69, 9.17) is 0 Å². The molecule has 2 heterocycles. The molecule has 1 aromatic carbocycles. The average molecular weight is 358 g/mol. The van der Waals surface area contributed by atoms with Gasteiger partial charge < -0.3 is 5.32 Å². The standard InChI is InChI=1S/C17H18N4OS2/c1-4-10(2)18-16(22)13-9-15(24-17-21-20-11(3)23-17)19-14-8-6-5-7-12(13)14/h5-10H,4H2,1-3H3,(H,18,22)/t10-/m1/s1. The monoisotopic (exact) mass is 358 g/mol. The fourth-order valence-corrected chi connectivity index (χ4v) is 3.99. The molecule has 0 bridgehead atoms. The number of para-hydroxylation sites is 1. The van der Waals surface area contributed by atoms with Crippen molar-refractivity contribution in [3.8, 4) is 0 Å². The van der Waals surface area contributed by atoms with Crippen LogP contribution in [0.1, 0.15) is 35.6 Å². The van der Waals surface area contributed by atoms with Crippen LogP contribution in [0.25, 0.3) is 10.9 Å². The molecule has 1 atom stereocenters. The van der Waals surface area contributed by atoms with Crippen molar-refractivity contribution in [2.24, 2.45) is 0 Å². The lowest BCUT2D eigenvalue weighted by molar-refractivity contribution is 0.0940. The minimum Gasteiger partial charge on any atom is -0.350 e. The number of hydrogen-bond donors (Lipinski definition) is 1. The second-order valence-corrected chi connectivity index (χ2v) is 7.95. The predicted molar refractivity (Wildman–Crippen MR) is 97.7 cm³/mol. The molecule has 0 fully saturated rings. The van der Waals surface area contributed by atoms with Crippen molar-refractivity contribution in [2.75, 3.05) is 0 Å². The Kier molecular flexibility index (Phi) is 5.11. The Morgan fingerprint density at radius 3 is 2.83 bits per heavy atom. The van der Waals surface area contributed by atoms with Gasteiger partial charge in [0.15, 0.2) is 4.34 Å². The summed E-state index contributed by atoms with van der Waals surface area (Å²) in [6.07, 6.45) is 0.889. The average Bonchev–Trinajstić information content (AvgIpc) is 2.98. The van der Waals surface area contributed by atoms with Crippen LogP contribution in [-0.2, 0) is 0 Å². The molecular formula is C17H18N4OS2. The van der Waals surface area contributed by atoms with Crippen molar-refractivity contribution in [1.29, 1.82) is 0 Å². The zero-order valence-electron chi connectivity index (χ0n) is 13.7. The fraction of sp³-hybridized carbons (Fsp3) is 0.294. The van der Waals surface area contributed by atoms with Crippen LogP contribution in [0.3, 0.4) is 0 Å². The molecule has 0 aliphatic rings. The first-order chi connectivity index (χ1) is 11.6. The van der Waals surface area contributed by atoms with E-state index in [0.717, 1.165) is 31.7 Å². The van der Waals surface area contributed by atoms with Gasteiger partial charge in [-0.05, 0) is 44.2 Å². The van der Waals surface area contributed by atoms with Gasteiger partial charge in [-0.2, -0.15) is 0 Å². The maximum Gasteiger partial charge on any atom is 0.252 e. The second-order valence-electron chi connectivity index (χ2n) is 5.50. The summed E-state index contributed by atoms with van der Waals surface area (Å²) in [7, 11) is 0. The third-order valence-corrected chi connectivity index (χ3v) is 5.43. The molecule has 0 saturated heterocycles. The summed E-state index contributed by atoms with van der Waals surface area (Å²) in [5, 5.41) is 13.7. The normalized spacial score (nSPS) is 12.3. The Hall–Kier alpha value is -1.99. The topological polar surface area (TPSA) is 67.8 Å². The van der Waals surface area contributed by atoms with Crippen molar-refractivity contribution < 1.29 is 4.79 Å². The highest BCUT2D eigenvalue weighted by Crippen LogP contribution is 2.31. The van der Waals surface area contributed by atoms with Gasteiger partial charge in [-0.15, -0.1) is 10.2 Å². The number of nitrogens with zero attached hydrogens (tertiary/aromatic N) is 3. The van der Waals surface area contributed by atoms with Crippen molar-refractivity contribution >= 4 is 39.9 Å².